The zero-order valence-corrected chi connectivity index (χ0v) is 12.0. The van der Waals surface area contributed by atoms with Gasteiger partial charge in [0.15, 0.2) is 0 Å². The van der Waals surface area contributed by atoms with Crippen LogP contribution in [0.3, 0.4) is 0 Å². The van der Waals surface area contributed by atoms with Crippen LogP contribution in [-0.2, 0) is 16.6 Å². The molecule has 0 saturated heterocycles. The smallest absolute Gasteiger partial charge is 0.250 e. The molecule has 1 aromatic heterocycles. The number of nitrogens with one attached hydrogen (secondary N) is 2. The highest BCUT2D eigenvalue weighted by Crippen LogP contribution is 2.36. The fourth-order valence-electron chi connectivity index (χ4n) is 1.80. The van der Waals surface area contributed by atoms with E-state index in [1.165, 1.54) is 24.2 Å². The molecule has 1 aromatic rings. The van der Waals surface area contributed by atoms with Crippen molar-refractivity contribution in [3.8, 4) is 0 Å². The van der Waals surface area contributed by atoms with E-state index in [0.717, 1.165) is 24.9 Å². The van der Waals surface area contributed by atoms with Gasteiger partial charge < -0.3 is 5.32 Å². The maximum absolute atomic E-state index is 12.1. The summed E-state index contributed by atoms with van der Waals surface area (Å²) in [6.45, 7) is 2.72. The Morgan fingerprint density at radius 3 is 2.78 bits per heavy atom. The minimum absolute atomic E-state index is 0.199. The molecular weight excluding hydrogens is 268 g/mol. The molecule has 0 unspecified atom stereocenters. The Kier molecular flexibility index (Phi) is 3.01. The van der Waals surface area contributed by atoms with Gasteiger partial charge in [0.25, 0.3) is 10.0 Å². The fraction of sp³-hybridized carbons (Fsp3) is 0.667. The molecule has 0 aliphatic heterocycles. The standard InChI is InChI=1S/C12H18N2O2S2/c1-12(4-5-12)14-18(15,16)11-6-9(8-17-11)7-13-10-2-3-10/h6,8,10,13-14H,2-5,7H2,1H3. The van der Waals surface area contributed by atoms with E-state index >= 15 is 0 Å². The highest BCUT2D eigenvalue weighted by molar-refractivity contribution is 7.91. The minimum atomic E-state index is -3.32. The van der Waals surface area contributed by atoms with Crippen LogP contribution >= 0.6 is 11.3 Å². The Bertz CT molecular complexity index is 542. The molecule has 4 nitrogen and oxygen atoms in total. The van der Waals surface area contributed by atoms with Gasteiger partial charge in [-0.2, -0.15) is 0 Å². The van der Waals surface area contributed by atoms with Crippen molar-refractivity contribution in [2.45, 2.75) is 54.9 Å². The Morgan fingerprint density at radius 1 is 1.44 bits per heavy atom. The summed E-state index contributed by atoms with van der Waals surface area (Å²) in [5.41, 5.74) is 0.864. The highest BCUT2D eigenvalue weighted by atomic mass is 32.2. The third kappa shape index (κ3) is 2.93. The van der Waals surface area contributed by atoms with Crippen LogP contribution in [0.2, 0.25) is 0 Å². The quantitative estimate of drug-likeness (QED) is 0.839. The van der Waals surface area contributed by atoms with Gasteiger partial charge in [-0.3, -0.25) is 0 Å². The van der Waals surface area contributed by atoms with Crippen LogP contribution in [0.15, 0.2) is 15.7 Å². The van der Waals surface area contributed by atoms with Crippen LogP contribution < -0.4 is 10.0 Å². The van der Waals surface area contributed by atoms with Crippen molar-refractivity contribution in [1.29, 1.82) is 0 Å². The molecule has 2 N–H and O–H groups in total. The third-order valence-corrected chi connectivity index (χ3v) is 6.57. The van der Waals surface area contributed by atoms with Gasteiger partial charge in [0, 0.05) is 18.1 Å². The van der Waals surface area contributed by atoms with E-state index in [1.54, 1.807) is 6.07 Å². The van der Waals surface area contributed by atoms with Crippen LogP contribution in [0, 0.1) is 0 Å². The van der Waals surface area contributed by atoms with Gasteiger partial charge >= 0.3 is 0 Å². The normalized spacial score (nSPS) is 22.1. The summed E-state index contributed by atoms with van der Waals surface area (Å²) < 4.78 is 27.5. The second-order valence-corrected chi connectivity index (χ2v) is 8.42. The lowest BCUT2D eigenvalue weighted by atomic mass is 10.3. The van der Waals surface area contributed by atoms with Crippen LogP contribution in [0.4, 0.5) is 0 Å². The first-order chi connectivity index (χ1) is 8.47. The van der Waals surface area contributed by atoms with Crippen molar-refractivity contribution < 1.29 is 8.42 Å². The Labute approximate surface area is 112 Å². The molecule has 18 heavy (non-hydrogen) atoms. The largest absolute Gasteiger partial charge is 0.310 e. The maximum Gasteiger partial charge on any atom is 0.250 e. The predicted molar refractivity (Wildman–Crippen MR) is 72.1 cm³/mol. The lowest BCUT2D eigenvalue weighted by Crippen LogP contribution is -2.33. The summed E-state index contributed by atoms with van der Waals surface area (Å²) in [6, 6.07) is 2.43. The van der Waals surface area contributed by atoms with E-state index < -0.39 is 10.0 Å². The fourth-order valence-corrected chi connectivity index (χ4v) is 4.48. The molecule has 0 aromatic carbocycles. The Balaban J connectivity index is 1.67. The number of sulfonamides is 1. The molecule has 2 fully saturated rings. The van der Waals surface area contributed by atoms with Gasteiger partial charge in [0.2, 0.25) is 0 Å². The second-order valence-electron chi connectivity index (χ2n) is 5.60. The molecule has 0 spiro atoms. The van der Waals surface area contributed by atoms with Crippen molar-refractivity contribution in [3.05, 3.63) is 17.0 Å². The summed E-state index contributed by atoms with van der Waals surface area (Å²) >= 11 is 1.31. The molecule has 0 atom stereocenters. The van der Waals surface area contributed by atoms with E-state index in [0.29, 0.717) is 10.3 Å². The van der Waals surface area contributed by atoms with Gasteiger partial charge in [-0.15, -0.1) is 11.3 Å². The number of thiophene rings is 1. The van der Waals surface area contributed by atoms with Crippen LogP contribution in [0.1, 0.15) is 38.2 Å². The van der Waals surface area contributed by atoms with E-state index in [2.05, 4.69) is 10.0 Å². The van der Waals surface area contributed by atoms with E-state index in [4.69, 9.17) is 0 Å². The summed E-state index contributed by atoms with van der Waals surface area (Å²) in [7, 11) is -3.32. The molecule has 0 bridgehead atoms. The molecule has 6 heteroatoms. The number of hydrogen-bond acceptors (Lipinski definition) is 4. The average Bonchev–Trinajstić information content (AvgIpc) is 3.18. The SMILES string of the molecule is CC1(NS(=O)(=O)c2cc(CNC3CC3)cs2)CC1. The van der Waals surface area contributed by atoms with Crippen LogP contribution in [-0.4, -0.2) is 20.0 Å². The molecule has 2 aliphatic rings. The molecule has 1 heterocycles. The van der Waals surface area contributed by atoms with E-state index in [1.807, 2.05) is 12.3 Å². The van der Waals surface area contributed by atoms with Gasteiger partial charge in [-0.05, 0) is 49.6 Å². The third-order valence-electron chi connectivity index (χ3n) is 3.45. The molecule has 3 rings (SSSR count). The van der Waals surface area contributed by atoms with Crippen molar-refractivity contribution in [3.63, 3.8) is 0 Å². The molecule has 0 amide bonds. The lowest BCUT2D eigenvalue weighted by molar-refractivity contribution is 0.560. The predicted octanol–water partition coefficient (Wildman–Crippen LogP) is 1.83. The first-order valence-electron chi connectivity index (χ1n) is 6.32. The summed E-state index contributed by atoms with van der Waals surface area (Å²) in [4.78, 5) is 0. The molecular formula is C12H18N2O2S2. The van der Waals surface area contributed by atoms with Crippen LogP contribution in [0.25, 0.3) is 0 Å². The topological polar surface area (TPSA) is 58.2 Å². The number of hydrogen-bond donors (Lipinski definition) is 2. The highest BCUT2D eigenvalue weighted by Gasteiger charge is 2.41. The Morgan fingerprint density at radius 2 is 2.17 bits per heavy atom. The minimum Gasteiger partial charge on any atom is -0.310 e. The average molecular weight is 286 g/mol. The molecule has 0 radical (unpaired) electrons. The first kappa shape index (κ1) is 12.6. The molecule has 2 saturated carbocycles. The first-order valence-corrected chi connectivity index (χ1v) is 8.68. The zero-order valence-electron chi connectivity index (χ0n) is 10.4. The van der Waals surface area contributed by atoms with Gasteiger partial charge in [0.1, 0.15) is 4.21 Å². The molecule has 2 aliphatic carbocycles. The monoisotopic (exact) mass is 286 g/mol. The van der Waals surface area contributed by atoms with Gasteiger partial charge in [-0.1, -0.05) is 0 Å². The lowest BCUT2D eigenvalue weighted by Gasteiger charge is -2.10. The maximum atomic E-state index is 12.1. The van der Waals surface area contributed by atoms with Crippen molar-refractivity contribution in [2.24, 2.45) is 0 Å². The van der Waals surface area contributed by atoms with Crippen molar-refractivity contribution in [1.82, 2.24) is 10.0 Å². The summed E-state index contributed by atoms with van der Waals surface area (Å²) in [5, 5.41) is 5.32. The van der Waals surface area contributed by atoms with E-state index in [-0.39, 0.29) is 5.54 Å². The van der Waals surface area contributed by atoms with Crippen molar-refractivity contribution in [2.75, 3.05) is 0 Å². The molecule has 100 valence electrons. The Hall–Kier alpha value is -0.430. The zero-order chi connectivity index (χ0) is 12.8. The van der Waals surface area contributed by atoms with E-state index in [9.17, 15) is 8.42 Å². The van der Waals surface area contributed by atoms with Crippen molar-refractivity contribution >= 4 is 21.4 Å². The summed E-state index contributed by atoms with van der Waals surface area (Å²) in [6.07, 6.45) is 4.37. The summed E-state index contributed by atoms with van der Waals surface area (Å²) in [5.74, 6) is 0. The van der Waals surface area contributed by atoms with Gasteiger partial charge in [0.05, 0.1) is 0 Å². The second kappa shape index (κ2) is 4.30. The van der Waals surface area contributed by atoms with Gasteiger partial charge in [-0.25, -0.2) is 13.1 Å². The van der Waals surface area contributed by atoms with Crippen LogP contribution in [0.5, 0.6) is 0 Å². The number of rotatable bonds is 6.